The number of nitrogens with zero attached hydrogens (tertiary/aromatic N) is 1. The van der Waals surface area contributed by atoms with Crippen LogP contribution in [0.1, 0.15) is 36.0 Å². The Morgan fingerprint density at radius 1 is 1.39 bits per heavy atom. The molecule has 0 aliphatic carbocycles. The monoisotopic (exact) mass is 278 g/mol. The summed E-state index contributed by atoms with van der Waals surface area (Å²) in [4.78, 5) is 5.89. The van der Waals surface area contributed by atoms with Gasteiger partial charge in [-0.3, -0.25) is 0 Å². The first-order chi connectivity index (χ1) is 8.58. The van der Waals surface area contributed by atoms with Crippen molar-refractivity contribution in [2.24, 2.45) is 0 Å². The molecule has 0 saturated heterocycles. The highest BCUT2D eigenvalue weighted by Gasteiger charge is 2.07. The summed E-state index contributed by atoms with van der Waals surface area (Å²) in [5, 5.41) is 3.37. The smallest absolute Gasteiger partial charge is 0.0954 e. The van der Waals surface area contributed by atoms with Gasteiger partial charge in [-0.15, -0.1) is 23.1 Å². The molecule has 0 radical (unpaired) electrons. The third-order valence-electron chi connectivity index (χ3n) is 2.76. The van der Waals surface area contributed by atoms with E-state index in [9.17, 15) is 0 Å². The summed E-state index contributed by atoms with van der Waals surface area (Å²) in [5.41, 5.74) is 9.10. The van der Waals surface area contributed by atoms with Crippen molar-refractivity contribution in [2.45, 2.75) is 37.3 Å². The van der Waals surface area contributed by atoms with Crippen LogP contribution in [0.5, 0.6) is 0 Å². The Morgan fingerprint density at radius 3 is 2.83 bits per heavy atom. The summed E-state index contributed by atoms with van der Waals surface area (Å²) >= 11 is 3.55. The van der Waals surface area contributed by atoms with Crippen LogP contribution in [0.25, 0.3) is 0 Å². The lowest BCUT2D eigenvalue weighted by Crippen LogP contribution is -1.91. The number of thioether (sulfide) groups is 1. The lowest BCUT2D eigenvalue weighted by Gasteiger charge is -2.06. The molecule has 2 rings (SSSR count). The van der Waals surface area contributed by atoms with E-state index in [0.717, 1.165) is 17.1 Å². The van der Waals surface area contributed by atoms with Crippen molar-refractivity contribution in [1.29, 1.82) is 0 Å². The van der Waals surface area contributed by atoms with E-state index in [4.69, 9.17) is 5.73 Å². The van der Waals surface area contributed by atoms with Gasteiger partial charge in [0.1, 0.15) is 0 Å². The highest BCUT2D eigenvalue weighted by molar-refractivity contribution is 7.98. The van der Waals surface area contributed by atoms with Crippen molar-refractivity contribution in [3.63, 3.8) is 0 Å². The van der Waals surface area contributed by atoms with E-state index in [1.807, 2.05) is 12.1 Å². The van der Waals surface area contributed by atoms with Gasteiger partial charge in [0.15, 0.2) is 0 Å². The van der Waals surface area contributed by atoms with E-state index >= 15 is 0 Å². The lowest BCUT2D eigenvalue weighted by atomic mass is 10.2. The van der Waals surface area contributed by atoms with Crippen molar-refractivity contribution >= 4 is 28.8 Å². The van der Waals surface area contributed by atoms with E-state index in [2.05, 4.69) is 37.2 Å². The Labute approximate surface area is 117 Å². The molecule has 2 aromatic rings. The van der Waals surface area contributed by atoms with Crippen molar-refractivity contribution in [2.75, 3.05) is 5.73 Å². The van der Waals surface area contributed by atoms with E-state index < -0.39 is 0 Å². The van der Waals surface area contributed by atoms with Crippen LogP contribution in [0.2, 0.25) is 0 Å². The predicted octanol–water partition coefficient (Wildman–Crippen LogP) is 4.45. The molecule has 1 aromatic carbocycles. The van der Waals surface area contributed by atoms with E-state index in [-0.39, 0.29) is 0 Å². The summed E-state index contributed by atoms with van der Waals surface area (Å²) in [6.07, 6.45) is 0. The summed E-state index contributed by atoms with van der Waals surface area (Å²) in [7, 11) is 0. The van der Waals surface area contributed by atoms with Crippen molar-refractivity contribution in [3.05, 3.63) is 39.8 Å². The minimum atomic E-state index is 0.517. The fraction of sp³-hybridized carbons (Fsp3) is 0.357. The average molecular weight is 278 g/mol. The van der Waals surface area contributed by atoms with Crippen molar-refractivity contribution in [3.8, 4) is 0 Å². The maximum absolute atomic E-state index is 5.91. The molecule has 2 N–H and O–H groups in total. The second-order valence-corrected chi connectivity index (χ2v) is 6.50. The molecule has 0 aliphatic heterocycles. The molecule has 0 spiro atoms. The van der Waals surface area contributed by atoms with Gasteiger partial charge in [-0.2, -0.15) is 0 Å². The summed E-state index contributed by atoms with van der Waals surface area (Å²) < 4.78 is 0. The van der Waals surface area contributed by atoms with Crippen LogP contribution in [-0.2, 0) is 5.75 Å². The number of nitrogens with two attached hydrogens (primary N) is 1. The molecule has 0 amide bonds. The van der Waals surface area contributed by atoms with E-state index in [0.29, 0.717) is 5.92 Å². The molecular weight excluding hydrogens is 260 g/mol. The summed E-state index contributed by atoms with van der Waals surface area (Å²) in [6.45, 7) is 6.42. The van der Waals surface area contributed by atoms with Gasteiger partial charge >= 0.3 is 0 Å². The van der Waals surface area contributed by atoms with Crippen molar-refractivity contribution < 1.29 is 0 Å². The highest BCUT2D eigenvalue weighted by Crippen LogP contribution is 2.30. The van der Waals surface area contributed by atoms with E-state index in [1.54, 1.807) is 23.1 Å². The normalized spacial score (nSPS) is 11.1. The first kappa shape index (κ1) is 13.4. The van der Waals surface area contributed by atoms with Crippen LogP contribution >= 0.6 is 23.1 Å². The molecule has 18 heavy (non-hydrogen) atoms. The van der Waals surface area contributed by atoms with Crippen molar-refractivity contribution in [1.82, 2.24) is 4.98 Å². The number of aromatic nitrogens is 1. The molecule has 0 bridgehead atoms. The van der Waals surface area contributed by atoms with Crippen LogP contribution in [-0.4, -0.2) is 4.98 Å². The van der Waals surface area contributed by atoms with Gasteiger partial charge in [0, 0.05) is 27.6 Å². The molecule has 0 unspecified atom stereocenters. The molecule has 0 aliphatic rings. The Kier molecular flexibility index (Phi) is 4.30. The number of anilines is 1. The minimum absolute atomic E-state index is 0.517. The minimum Gasteiger partial charge on any atom is -0.398 e. The molecule has 1 aromatic heterocycles. The zero-order valence-electron chi connectivity index (χ0n) is 10.9. The zero-order chi connectivity index (χ0) is 13.1. The molecule has 0 saturated carbocycles. The Morgan fingerprint density at radius 2 is 2.17 bits per heavy atom. The molecule has 2 nitrogen and oxygen atoms in total. The molecular formula is C14H18N2S2. The third kappa shape index (κ3) is 3.06. The number of hydrogen-bond acceptors (Lipinski definition) is 4. The maximum Gasteiger partial charge on any atom is 0.0954 e. The largest absolute Gasteiger partial charge is 0.398 e. The molecule has 96 valence electrons. The van der Waals surface area contributed by atoms with Crippen LogP contribution in [0.4, 0.5) is 5.69 Å². The standard InChI is InChI=1S/C14H18N2S2/c1-9(2)14-16-11(8-18-14)7-17-13-6-4-5-12(15)10(13)3/h4-6,8-9H,7,15H2,1-3H3. The van der Waals surface area contributed by atoms with Gasteiger partial charge < -0.3 is 5.73 Å². The van der Waals surface area contributed by atoms with Gasteiger partial charge in [-0.05, 0) is 24.6 Å². The molecule has 0 fully saturated rings. The van der Waals surface area contributed by atoms with E-state index in [1.165, 1.54) is 15.5 Å². The number of thiazole rings is 1. The SMILES string of the molecule is Cc1c(N)cccc1SCc1csc(C(C)C)n1. The fourth-order valence-corrected chi connectivity index (χ4v) is 3.49. The van der Waals surface area contributed by atoms with Gasteiger partial charge in [-0.1, -0.05) is 19.9 Å². The second-order valence-electron chi connectivity index (χ2n) is 4.59. The third-order valence-corrected chi connectivity index (χ3v) is 5.15. The van der Waals surface area contributed by atoms with Gasteiger partial charge in [-0.25, -0.2) is 4.98 Å². The average Bonchev–Trinajstić information content (AvgIpc) is 2.80. The number of hydrogen-bond donors (Lipinski definition) is 1. The Hall–Kier alpha value is -1.00. The molecule has 4 heteroatoms. The first-order valence-electron chi connectivity index (χ1n) is 6.00. The maximum atomic E-state index is 5.91. The number of rotatable bonds is 4. The Bertz CT molecular complexity index is 532. The number of benzene rings is 1. The lowest BCUT2D eigenvalue weighted by molar-refractivity contribution is 0.846. The zero-order valence-corrected chi connectivity index (χ0v) is 12.6. The first-order valence-corrected chi connectivity index (χ1v) is 7.86. The summed E-state index contributed by atoms with van der Waals surface area (Å²) in [5.74, 6) is 1.43. The van der Waals surface area contributed by atoms with Crippen LogP contribution < -0.4 is 5.73 Å². The fourth-order valence-electron chi connectivity index (χ4n) is 1.59. The number of nitrogen functional groups attached to an aromatic ring is 1. The van der Waals surface area contributed by atoms with Gasteiger partial charge in [0.2, 0.25) is 0 Å². The van der Waals surface area contributed by atoms with Crippen LogP contribution in [0, 0.1) is 6.92 Å². The molecule has 1 heterocycles. The molecule has 0 atom stereocenters. The Balaban J connectivity index is 2.04. The van der Waals surface area contributed by atoms with Crippen LogP contribution in [0.3, 0.4) is 0 Å². The van der Waals surface area contributed by atoms with Crippen LogP contribution in [0.15, 0.2) is 28.5 Å². The quantitative estimate of drug-likeness (QED) is 0.663. The predicted molar refractivity (Wildman–Crippen MR) is 81.4 cm³/mol. The topological polar surface area (TPSA) is 38.9 Å². The van der Waals surface area contributed by atoms with Gasteiger partial charge in [0.05, 0.1) is 10.7 Å². The highest BCUT2D eigenvalue weighted by atomic mass is 32.2. The van der Waals surface area contributed by atoms with Gasteiger partial charge in [0.25, 0.3) is 0 Å². The second kappa shape index (κ2) is 5.76. The summed E-state index contributed by atoms with van der Waals surface area (Å²) in [6, 6.07) is 6.07.